The molecule has 0 heterocycles. The SMILES string of the molecule is CSc1cccc(NC(=O)C(C)N(C)Cc2ccc(C(F)(F)F)cc2)c1. The van der Waals surface area contributed by atoms with E-state index in [0.29, 0.717) is 12.1 Å². The molecule has 140 valence electrons. The van der Waals surface area contributed by atoms with Crippen LogP contribution in [0.1, 0.15) is 18.1 Å². The molecule has 1 atom stereocenters. The number of benzene rings is 2. The number of alkyl halides is 3. The van der Waals surface area contributed by atoms with Crippen LogP contribution in [0.15, 0.2) is 53.4 Å². The van der Waals surface area contributed by atoms with E-state index in [0.717, 1.165) is 22.7 Å². The Hall–Kier alpha value is -1.99. The number of nitrogens with one attached hydrogen (secondary N) is 1. The third-order valence-electron chi connectivity index (χ3n) is 4.09. The maximum absolute atomic E-state index is 12.6. The standard InChI is InChI=1S/C19H21F3N2OS/c1-13(18(25)23-16-5-4-6-17(11-16)26-3)24(2)12-14-7-9-15(10-8-14)19(20,21)22/h4-11,13H,12H2,1-3H3,(H,23,25). The highest BCUT2D eigenvalue weighted by Gasteiger charge is 2.30. The first-order valence-electron chi connectivity index (χ1n) is 8.02. The Labute approximate surface area is 155 Å². The summed E-state index contributed by atoms with van der Waals surface area (Å²) < 4.78 is 37.8. The number of hydrogen-bond acceptors (Lipinski definition) is 3. The molecule has 0 fully saturated rings. The maximum atomic E-state index is 12.6. The molecule has 0 aliphatic carbocycles. The number of thioether (sulfide) groups is 1. The van der Waals surface area contributed by atoms with E-state index in [1.807, 2.05) is 30.5 Å². The van der Waals surface area contributed by atoms with Crippen molar-refractivity contribution >= 4 is 23.4 Å². The number of likely N-dealkylation sites (N-methyl/N-ethyl adjacent to an activating group) is 1. The minimum Gasteiger partial charge on any atom is -0.325 e. The molecule has 2 aromatic carbocycles. The van der Waals surface area contributed by atoms with Gasteiger partial charge in [-0.05, 0) is 56.1 Å². The molecular weight excluding hydrogens is 361 g/mol. The molecular formula is C19H21F3N2OS. The fourth-order valence-electron chi connectivity index (χ4n) is 2.37. The normalized spacial score (nSPS) is 12.9. The summed E-state index contributed by atoms with van der Waals surface area (Å²) in [5, 5.41) is 2.87. The largest absolute Gasteiger partial charge is 0.416 e. The lowest BCUT2D eigenvalue weighted by Crippen LogP contribution is -2.39. The first kappa shape index (κ1) is 20.3. The molecule has 2 aromatic rings. The van der Waals surface area contributed by atoms with Gasteiger partial charge in [0.15, 0.2) is 0 Å². The lowest BCUT2D eigenvalue weighted by molar-refractivity contribution is -0.137. The lowest BCUT2D eigenvalue weighted by Gasteiger charge is -2.24. The third kappa shape index (κ3) is 5.51. The van der Waals surface area contributed by atoms with E-state index in [-0.39, 0.29) is 5.91 Å². The predicted octanol–water partition coefficient (Wildman–Crippen LogP) is 4.89. The fraction of sp³-hybridized carbons (Fsp3) is 0.316. The van der Waals surface area contributed by atoms with E-state index in [2.05, 4.69) is 5.32 Å². The van der Waals surface area contributed by atoms with Crippen molar-refractivity contribution in [3.8, 4) is 0 Å². The van der Waals surface area contributed by atoms with E-state index in [1.165, 1.54) is 12.1 Å². The van der Waals surface area contributed by atoms with Crippen molar-refractivity contribution in [2.75, 3.05) is 18.6 Å². The molecule has 26 heavy (non-hydrogen) atoms. The molecule has 0 radical (unpaired) electrons. The average Bonchev–Trinajstić information content (AvgIpc) is 2.60. The van der Waals surface area contributed by atoms with Gasteiger partial charge in [0.2, 0.25) is 5.91 Å². The summed E-state index contributed by atoms with van der Waals surface area (Å²) in [5.41, 5.74) is 0.754. The number of hydrogen-bond donors (Lipinski definition) is 1. The minimum absolute atomic E-state index is 0.169. The molecule has 0 spiro atoms. The lowest BCUT2D eigenvalue weighted by atomic mass is 10.1. The third-order valence-corrected chi connectivity index (χ3v) is 4.82. The van der Waals surface area contributed by atoms with Crippen LogP contribution in [-0.4, -0.2) is 30.2 Å². The van der Waals surface area contributed by atoms with Gasteiger partial charge in [0.05, 0.1) is 11.6 Å². The van der Waals surface area contributed by atoms with Crippen LogP contribution in [0.25, 0.3) is 0 Å². The summed E-state index contributed by atoms with van der Waals surface area (Å²) >= 11 is 1.59. The molecule has 0 saturated carbocycles. The van der Waals surface area contributed by atoms with Gasteiger partial charge in [-0.25, -0.2) is 0 Å². The summed E-state index contributed by atoms with van der Waals surface area (Å²) in [6.45, 7) is 2.13. The van der Waals surface area contributed by atoms with Gasteiger partial charge in [-0.15, -0.1) is 11.8 Å². The van der Waals surface area contributed by atoms with E-state index < -0.39 is 17.8 Å². The van der Waals surface area contributed by atoms with Crippen LogP contribution in [0.3, 0.4) is 0 Å². The highest BCUT2D eigenvalue weighted by molar-refractivity contribution is 7.98. The average molecular weight is 382 g/mol. The number of halogens is 3. The summed E-state index contributed by atoms with van der Waals surface area (Å²) in [7, 11) is 1.76. The fourth-order valence-corrected chi connectivity index (χ4v) is 2.83. The zero-order valence-electron chi connectivity index (χ0n) is 14.8. The van der Waals surface area contributed by atoms with E-state index in [4.69, 9.17) is 0 Å². The van der Waals surface area contributed by atoms with Gasteiger partial charge in [-0.1, -0.05) is 18.2 Å². The zero-order valence-corrected chi connectivity index (χ0v) is 15.6. The molecule has 0 aliphatic rings. The van der Waals surface area contributed by atoms with Crippen LogP contribution in [0.2, 0.25) is 0 Å². The maximum Gasteiger partial charge on any atom is 0.416 e. The molecule has 1 amide bonds. The second kappa shape index (κ2) is 8.60. The molecule has 3 nitrogen and oxygen atoms in total. The monoisotopic (exact) mass is 382 g/mol. The summed E-state index contributed by atoms with van der Waals surface area (Å²) in [4.78, 5) is 15.3. The summed E-state index contributed by atoms with van der Waals surface area (Å²) in [5.74, 6) is -0.169. The molecule has 2 rings (SSSR count). The number of rotatable bonds is 6. The van der Waals surface area contributed by atoms with Crippen LogP contribution in [0, 0.1) is 0 Å². The van der Waals surface area contributed by atoms with Gasteiger partial charge in [0.1, 0.15) is 0 Å². The molecule has 1 unspecified atom stereocenters. The Balaban J connectivity index is 1.97. The minimum atomic E-state index is -4.34. The van der Waals surface area contributed by atoms with Crippen molar-refractivity contribution in [2.24, 2.45) is 0 Å². The topological polar surface area (TPSA) is 32.3 Å². The molecule has 1 N–H and O–H groups in total. The van der Waals surface area contributed by atoms with Crippen molar-refractivity contribution in [1.29, 1.82) is 0 Å². The predicted molar refractivity (Wildman–Crippen MR) is 99.2 cm³/mol. The van der Waals surface area contributed by atoms with Crippen molar-refractivity contribution < 1.29 is 18.0 Å². The van der Waals surface area contributed by atoms with Crippen LogP contribution in [0.5, 0.6) is 0 Å². The van der Waals surface area contributed by atoms with Gasteiger partial charge in [0, 0.05) is 17.1 Å². The molecule has 0 aliphatic heterocycles. The Kier molecular flexibility index (Phi) is 6.72. The molecule has 7 heteroatoms. The Morgan fingerprint density at radius 3 is 2.42 bits per heavy atom. The number of amides is 1. The van der Waals surface area contributed by atoms with Gasteiger partial charge in [-0.2, -0.15) is 13.2 Å². The van der Waals surface area contributed by atoms with Crippen LogP contribution < -0.4 is 5.32 Å². The van der Waals surface area contributed by atoms with Gasteiger partial charge >= 0.3 is 6.18 Å². The smallest absolute Gasteiger partial charge is 0.325 e. The molecule has 0 aromatic heterocycles. The van der Waals surface area contributed by atoms with E-state index in [1.54, 1.807) is 30.6 Å². The van der Waals surface area contributed by atoms with Gasteiger partial charge in [-0.3, -0.25) is 9.69 Å². The molecule has 0 bridgehead atoms. The van der Waals surface area contributed by atoms with Crippen molar-refractivity contribution in [3.63, 3.8) is 0 Å². The second-order valence-corrected chi connectivity index (χ2v) is 6.89. The highest BCUT2D eigenvalue weighted by atomic mass is 32.2. The highest BCUT2D eigenvalue weighted by Crippen LogP contribution is 2.29. The first-order valence-corrected chi connectivity index (χ1v) is 9.24. The van der Waals surface area contributed by atoms with Crippen molar-refractivity contribution in [2.45, 2.75) is 30.6 Å². The number of nitrogens with zero attached hydrogens (tertiary/aromatic N) is 1. The first-order chi connectivity index (χ1) is 12.2. The van der Waals surface area contributed by atoms with Crippen LogP contribution in [0.4, 0.5) is 18.9 Å². The summed E-state index contributed by atoms with van der Waals surface area (Å²) in [6, 6.07) is 12.1. The van der Waals surface area contributed by atoms with E-state index >= 15 is 0 Å². The van der Waals surface area contributed by atoms with Crippen LogP contribution >= 0.6 is 11.8 Å². The number of anilines is 1. The number of carbonyl (C=O) groups is 1. The quantitative estimate of drug-likeness (QED) is 0.722. The molecule has 0 saturated heterocycles. The Morgan fingerprint density at radius 2 is 1.85 bits per heavy atom. The Morgan fingerprint density at radius 1 is 1.19 bits per heavy atom. The second-order valence-electron chi connectivity index (χ2n) is 6.01. The number of carbonyl (C=O) groups excluding carboxylic acids is 1. The van der Waals surface area contributed by atoms with Crippen molar-refractivity contribution in [3.05, 3.63) is 59.7 Å². The van der Waals surface area contributed by atoms with Crippen molar-refractivity contribution in [1.82, 2.24) is 4.90 Å². The van der Waals surface area contributed by atoms with Gasteiger partial charge < -0.3 is 5.32 Å². The summed E-state index contributed by atoms with van der Waals surface area (Å²) in [6.07, 6.45) is -2.38. The van der Waals surface area contributed by atoms with Gasteiger partial charge in [0.25, 0.3) is 0 Å². The zero-order chi connectivity index (χ0) is 19.3. The van der Waals surface area contributed by atoms with E-state index in [9.17, 15) is 18.0 Å². The van der Waals surface area contributed by atoms with Crippen LogP contribution in [-0.2, 0) is 17.5 Å². The Bertz CT molecular complexity index is 747.